The summed E-state index contributed by atoms with van der Waals surface area (Å²) in [6.07, 6.45) is 7.59. The quantitative estimate of drug-likeness (QED) is 0.728. The van der Waals surface area contributed by atoms with Crippen LogP contribution in [0.5, 0.6) is 0 Å². The van der Waals surface area contributed by atoms with Gasteiger partial charge in [-0.1, -0.05) is 6.42 Å². The van der Waals surface area contributed by atoms with Crippen LogP contribution in [0.1, 0.15) is 32.1 Å². The van der Waals surface area contributed by atoms with Gasteiger partial charge in [0.2, 0.25) is 5.91 Å². The van der Waals surface area contributed by atoms with Crippen LogP contribution >= 0.6 is 0 Å². The van der Waals surface area contributed by atoms with Gasteiger partial charge in [-0.25, -0.2) is 4.79 Å². The molecule has 2 atom stereocenters. The molecule has 2 N–H and O–H groups in total. The number of rotatable bonds is 3. The number of hydrogen-bond acceptors (Lipinski definition) is 3. The Labute approximate surface area is 107 Å². The molecule has 100 valence electrons. The van der Waals surface area contributed by atoms with E-state index in [1.165, 1.54) is 19.3 Å². The number of amides is 1. The van der Waals surface area contributed by atoms with E-state index in [1.54, 1.807) is 0 Å². The average Bonchev–Trinajstić information content (AvgIpc) is 2.28. The highest BCUT2D eigenvalue weighted by Crippen LogP contribution is 2.32. The van der Waals surface area contributed by atoms with Crippen LogP contribution in [-0.4, -0.2) is 47.1 Å². The minimum absolute atomic E-state index is 0.183. The number of carboxylic acids is 1. The lowest BCUT2D eigenvalue weighted by atomic mass is 9.82. The smallest absolute Gasteiger partial charge is 0.328 e. The Morgan fingerprint density at radius 1 is 1.22 bits per heavy atom. The van der Waals surface area contributed by atoms with E-state index in [-0.39, 0.29) is 11.9 Å². The summed E-state index contributed by atoms with van der Waals surface area (Å²) in [6, 6.07) is 1.31. The predicted molar refractivity (Wildman–Crippen MR) is 67.1 cm³/mol. The Morgan fingerprint density at radius 3 is 2.39 bits per heavy atom. The van der Waals surface area contributed by atoms with E-state index in [0.29, 0.717) is 12.1 Å². The molecule has 0 saturated carbocycles. The first-order valence-corrected chi connectivity index (χ1v) is 6.49. The summed E-state index contributed by atoms with van der Waals surface area (Å²) in [5.74, 6) is -1.39. The van der Waals surface area contributed by atoms with Gasteiger partial charge in [0.1, 0.15) is 0 Å². The Hall–Kier alpha value is -1.36. The Bertz CT molecular complexity index is 353. The topological polar surface area (TPSA) is 69.6 Å². The van der Waals surface area contributed by atoms with Crippen LogP contribution in [0.25, 0.3) is 0 Å². The molecular weight excluding hydrogens is 232 g/mol. The summed E-state index contributed by atoms with van der Waals surface area (Å²) in [4.78, 5) is 24.3. The maximum absolute atomic E-state index is 11.5. The minimum atomic E-state index is -1.09. The number of carboxylic acid groups (broad SMARTS) is 1. The lowest BCUT2D eigenvalue weighted by Crippen LogP contribution is -2.55. The lowest BCUT2D eigenvalue weighted by Gasteiger charge is -2.47. The van der Waals surface area contributed by atoms with Crippen molar-refractivity contribution < 1.29 is 14.7 Å². The number of carbonyl (C=O) groups excluding carboxylic acids is 1. The molecule has 5 nitrogen and oxygen atoms in total. The Balaban J connectivity index is 1.88. The van der Waals surface area contributed by atoms with Crippen LogP contribution < -0.4 is 5.32 Å². The molecule has 2 bridgehead atoms. The molecule has 1 amide bonds. The third-order valence-corrected chi connectivity index (χ3v) is 4.06. The normalized spacial score (nSPS) is 32.4. The lowest BCUT2D eigenvalue weighted by molar-refractivity contribution is -0.131. The van der Waals surface area contributed by atoms with E-state index in [0.717, 1.165) is 25.0 Å². The van der Waals surface area contributed by atoms with Crippen molar-refractivity contribution in [2.45, 2.75) is 50.2 Å². The van der Waals surface area contributed by atoms with Crippen LogP contribution in [0.3, 0.4) is 0 Å². The van der Waals surface area contributed by atoms with Gasteiger partial charge in [-0.15, -0.1) is 0 Å². The third-order valence-electron chi connectivity index (χ3n) is 4.06. The van der Waals surface area contributed by atoms with Crippen molar-refractivity contribution >= 4 is 11.9 Å². The number of aliphatic carboxylic acids is 1. The molecule has 2 fully saturated rings. The maximum Gasteiger partial charge on any atom is 0.328 e. The highest BCUT2D eigenvalue weighted by Gasteiger charge is 2.36. The van der Waals surface area contributed by atoms with Gasteiger partial charge >= 0.3 is 5.97 Å². The van der Waals surface area contributed by atoms with Crippen molar-refractivity contribution in [1.82, 2.24) is 10.2 Å². The molecule has 0 radical (unpaired) electrons. The van der Waals surface area contributed by atoms with E-state index < -0.39 is 5.97 Å². The van der Waals surface area contributed by atoms with Gasteiger partial charge in [-0.2, -0.15) is 0 Å². The second-order valence-electron chi connectivity index (χ2n) is 5.25. The van der Waals surface area contributed by atoms with Gasteiger partial charge in [0.05, 0.1) is 0 Å². The molecule has 5 heteroatoms. The number of piperidine rings is 2. The molecule has 2 heterocycles. The maximum atomic E-state index is 11.5. The van der Waals surface area contributed by atoms with E-state index in [2.05, 4.69) is 17.3 Å². The largest absolute Gasteiger partial charge is 0.478 e. The molecule has 2 unspecified atom stereocenters. The predicted octanol–water partition coefficient (Wildman–Crippen LogP) is 0.759. The molecule has 0 aromatic carbocycles. The van der Waals surface area contributed by atoms with Gasteiger partial charge in [-0.3, -0.25) is 4.79 Å². The third kappa shape index (κ3) is 3.10. The SMILES string of the molecule is CN1C2CCCC1CC(NC(=O)C=CC(=O)O)C2. The van der Waals surface area contributed by atoms with Gasteiger partial charge in [0.25, 0.3) is 0 Å². The van der Waals surface area contributed by atoms with Crippen molar-refractivity contribution in [3.8, 4) is 0 Å². The van der Waals surface area contributed by atoms with E-state index >= 15 is 0 Å². The summed E-state index contributed by atoms with van der Waals surface area (Å²) < 4.78 is 0. The van der Waals surface area contributed by atoms with Crippen LogP contribution in [0.15, 0.2) is 12.2 Å². The zero-order valence-corrected chi connectivity index (χ0v) is 10.6. The second kappa shape index (κ2) is 5.52. The molecule has 2 aliphatic heterocycles. The molecule has 2 saturated heterocycles. The second-order valence-corrected chi connectivity index (χ2v) is 5.25. The number of hydrogen-bond donors (Lipinski definition) is 2. The van der Waals surface area contributed by atoms with Crippen molar-refractivity contribution in [1.29, 1.82) is 0 Å². The Morgan fingerprint density at radius 2 is 1.83 bits per heavy atom. The average molecular weight is 252 g/mol. The highest BCUT2D eigenvalue weighted by atomic mass is 16.4. The first-order chi connectivity index (χ1) is 8.56. The summed E-state index contributed by atoms with van der Waals surface area (Å²) in [6.45, 7) is 0. The van der Waals surface area contributed by atoms with Crippen LogP contribution in [0.2, 0.25) is 0 Å². The summed E-state index contributed by atoms with van der Waals surface area (Å²) in [7, 11) is 2.16. The molecular formula is C13H20N2O3. The zero-order valence-electron chi connectivity index (χ0n) is 10.6. The minimum Gasteiger partial charge on any atom is -0.478 e. The number of nitrogens with one attached hydrogen (secondary N) is 1. The molecule has 0 aromatic rings. The number of nitrogens with zero attached hydrogens (tertiary/aromatic N) is 1. The molecule has 0 aliphatic carbocycles. The molecule has 0 aromatic heterocycles. The van der Waals surface area contributed by atoms with E-state index in [1.807, 2.05) is 0 Å². The molecule has 2 aliphatic rings. The van der Waals surface area contributed by atoms with Crippen molar-refractivity contribution in [3.05, 3.63) is 12.2 Å². The summed E-state index contributed by atoms with van der Waals surface area (Å²) in [5.41, 5.74) is 0. The number of fused-ring (bicyclic) bond motifs is 2. The monoisotopic (exact) mass is 252 g/mol. The summed E-state index contributed by atoms with van der Waals surface area (Å²) in [5, 5.41) is 11.4. The first-order valence-electron chi connectivity index (χ1n) is 6.49. The summed E-state index contributed by atoms with van der Waals surface area (Å²) >= 11 is 0. The van der Waals surface area contributed by atoms with Crippen LogP contribution in [0, 0.1) is 0 Å². The van der Waals surface area contributed by atoms with Crippen LogP contribution in [0.4, 0.5) is 0 Å². The van der Waals surface area contributed by atoms with Gasteiger partial charge < -0.3 is 15.3 Å². The fourth-order valence-corrected chi connectivity index (χ4v) is 3.13. The highest BCUT2D eigenvalue weighted by molar-refractivity contribution is 5.94. The van der Waals surface area contributed by atoms with Gasteiger partial charge in [0, 0.05) is 30.3 Å². The fraction of sp³-hybridized carbons (Fsp3) is 0.692. The number of carbonyl (C=O) groups is 2. The molecule has 18 heavy (non-hydrogen) atoms. The molecule has 0 spiro atoms. The van der Waals surface area contributed by atoms with E-state index in [4.69, 9.17) is 5.11 Å². The van der Waals surface area contributed by atoms with E-state index in [9.17, 15) is 9.59 Å². The van der Waals surface area contributed by atoms with Crippen molar-refractivity contribution in [2.75, 3.05) is 7.05 Å². The fourth-order valence-electron chi connectivity index (χ4n) is 3.13. The van der Waals surface area contributed by atoms with Crippen molar-refractivity contribution in [3.63, 3.8) is 0 Å². The van der Waals surface area contributed by atoms with Gasteiger partial charge in [-0.05, 0) is 32.7 Å². The standard InChI is InChI=1S/C13H20N2O3/c1-15-10-3-2-4-11(15)8-9(7-10)14-12(16)5-6-13(17)18/h5-6,9-11H,2-4,7-8H2,1H3,(H,14,16)(H,17,18). The van der Waals surface area contributed by atoms with Crippen LogP contribution in [-0.2, 0) is 9.59 Å². The Kier molecular flexibility index (Phi) is 4.01. The van der Waals surface area contributed by atoms with Gasteiger partial charge in [0.15, 0.2) is 0 Å². The molecule has 2 rings (SSSR count). The zero-order chi connectivity index (χ0) is 13.1. The van der Waals surface area contributed by atoms with Crippen molar-refractivity contribution in [2.24, 2.45) is 0 Å². The first kappa shape index (κ1) is 13.1.